The number of carbonyl (C=O) groups excluding carboxylic acids is 2. The van der Waals surface area contributed by atoms with Crippen molar-refractivity contribution in [1.29, 1.82) is 0 Å². The molecule has 1 aromatic rings. The molecule has 2 rings (SSSR count). The summed E-state index contributed by atoms with van der Waals surface area (Å²) in [6.07, 6.45) is 1.93. The van der Waals surface area contributed by atoms with Crippen LogP contribution in [0, 0.1) is 0 Å². The summed E-state index contributed by atoms with van der Waals surface area (Å²) in [7, 11) is 0. The van der Waals surface area contributed by atoms with Crippen molar-refractivity contribution in [1.82, 2.24) is 5.43 Å². The van der Waals surface area contributed by atoms with Crippen LogP contribution in [0.25, 0.3) is 0 Å². The Morgan fingerprint density at radius 3 is 2.53 bits per heavy atom. The van der Waals surface area contributed by atoms with E-state index >= 15 is 0 Å². The number of hydrazone groups is 1. The molecular formula is C12H13N3O2. The number of nitrogens with zero attached hydrogens (tertiary/aromatic N) is 1. The molecule has 0 spiro atoms. The van der Waals surface area contributed by atoms with Crippen molar-refractivity contribution in [2.45, 2.75) is 19.3 Å². The zero-order valence-electron chi connectivity index (χ0n) is 9.27. The third-order valence-corrected chi connectivity index (χ3v) is 2.64. The Balaban J connectivity index is 1.91. The number of carbonyl (C=O) groups is 2. The quantitative estimate of drug-likeness (QED) is 0.795. The maximum atomic E-state index is 10.9. The summed E-state index contributed by atoms with van der Waals surface area (Å²) in [4.78, 5) is 21.8. The number of amides is 2. The molecule has 3 N–H and O–H groups in total. The Bertz CT molecular complexity index is 477. The fourth-order valence-corrected chi connectivity index (χ4v) is 1.67. The van der Waals surface area contributed by atoms with Crippen molar-refractivity contribution in [2.24, 2.45) is 10.8 Å². The summed E-state index contributed by atoms with van der Waals surface area (Å²) < 4.78 is 0. The fraction of sp³-hybridized carbons (Fsp3) is 0.250. The summed E-state index contributed by atoms with van der Waals surface area (Å²) in [5, 5.41) is 3.92. The molecule has 0 radical (unpaired) electrons. The molecule has 5 nitrogen and oxygen atoms in total. The van der Waals surface area contributed by atoms with Gasteiger partial charge < -0.3 is 5.73 Å². The van der Waals surface area contributed by atoms with Crippen LogP contribution in [0.5, 0.6) is 0 Å². The summed E-state index contributed by atoms with van der Waals surface area (Å²) in [6, 6.07) is 7.14. The molecule has 0 saturated carbocycles. The second kappa shape index (κ2) is 4.78. The highest BCUT2D eigenvalue weighted by atomic mass is 16.2. The van der Waals surface area contributed by atoms with E-state index in [0.29, 0.717) is 12.0 Å². The first kappa shape index (κ1) is 11.3. The number of hydrogen-bond acceptors (Lipinski definition) is 3. The largest absolute Gasteiger partial charge is 0.366 e. The van der Waals surface area contributed by atoms with Gasteiger partial charge in [0.1, 0.15) is 0 Å². The van der Waals surface area contributed by atoms with Crippen LogP contribution in [-0.4, -0.2) is 17.5 Å². The second-order valence-electron chi connectivity index (χ2n) is 3.95. The maximum absolute atomic E-state index is 10.9. The van der Waals surface area contributed by atoms with Gasteiger partial charge in [0.2, 0.25) is 11.8 Å². The molecule has 17 heavy (non-hydrogen) atoms. The van der Waals surface area contributed by atoms with Gasteiger partial charge in [0, 0.05) is 11.3 Å². The Hall–Kier alpha value is -2.17. The monoisotopic (exact) mass is 231 g/mol. The Morgan fingerprint density at radius 1 is 1.29 bits per heavy atom. The van der Waals surface area contributed by atoms with Crippen molar-refractivity contribution < 1.29 is 9.59 Å². The van der Waals surface area contributed by atoms with Crippen LogP contribution in [0.2, 0.25) is 0 Å². The minimum atomic E-state index is -0.425. The fourth-order valence-electron chi connectivity index (χ4n) is 1.67. The first-order chi connectivity index (χ1) is 8.15. The lowest BCUT2D eigenvalue weighted by atomic mass is 10.0. The Labute approximate surface area is 98.7 Å². The lowest BCUT2D eigenvalue weighted by Gasteiger charge is -2.01. The molecule has 0 unspecified atom stereocenters. The molecule has 0 aromatic heterocycles. The van der Waals surface area contributed by atoms with E-state index in [1.807, 2.05) is 12.1 Å². The van der Waals surface area contributed by atoms with Gasteiger partial charge in [0.15, 0.2) is 0 Å². The molecule has 1 heterocycles. The van der Waals surface area contributed by atoms with Crippen LogP contribution >= 0.6 is 0 Å². The Kier molecular flexibility index (Phi) is 3.18. The predicted molar refractivity (Wildman–Crippen MR) is 63.5 cm³/mol. The van der Waals surface area contributed by atoms with Crippen molar-refractivity contribution in [3.8, 4) is 0 Å². The van der Waals surface area contributed by atoms with Crippen molar-refractivity contribution in [2.75, 3.05) is 0 Å². The van der Waals surface area contributed by atoms with E-state index in [4.69, 9.17) is 5.73 Å². The van der Waals surface area contributed by atoms with Crippen molar-refractivity contribution >= 4 is 17.5 Å². The average Bonchev–Trinajstić information content (AvgIpc) is 2.73. The number of primary amides is 1. The van der Waals surface area contributed by atoms with Gasteiger partial charge in [0.05, 0.1) is 6.42 Å². The highest BCUT2D eigenvalue weighted by Gasteiger charge is 2.13. The lowest BCUT2D eigenvalue weighted by Crippen LogP contribution is -2.10. The van der Waals surface area contributed by atoms with Gasteiger partial charge in [-0.3, -0.25) is 9.59 Å². The highest BCUT2D eigenvalue weighted by molar-refractivity contribution is 6.04. The number of benzene rings is 1. The normalized spacial score (nSPS) is 14.4. The first-order valence-electron chi connectivity index (χ1n) is 5.38. The van der Waals surface area contributed by atoms with E-state index < -0.39 is 5.91 Å². The molecule has 5 heteroatoms. The molecule has 0 atom stereocenters. The Morgan fingerprint density at radius 2 is 2.00 bits per heavy atom. The van der Waals surface area contributed by atoms with E-state index in [2.05, 4.69) is 10.5 Å². The van der Waals surface area contributed by atoms with Crippen LogP contribution in [0.3, 0.4) is 0 Å². The summed E-state index contributed by atoms with van der Waals surface area (Å²) >= 11 is 0. The van der Waals surface area contributed by atoms with E-state index in [0.717, 1.165) is 24.1 Å². The van der Waals surface area contributed by atoms with Crippen molar-refractivity contribution in [3.05, 3.63) is 35.4 Å². The van der Waals surface area contributed by atoms with Gasteiger partial charge in [-0.25, -0.2) is 5.43 Å². The van der Waals surface area contributed by atoms with Gasteiger partial charge in [0.25, 0.3) is 0 Å². The zero-order chi connectivity index (χ0) is 12.3. The number of aryl methyl sites for hydroxylation is 1. The number of nitrogens with one attached hydrogen (secondary N) is 1. The van der Waals surface area contributed by atoms with Gasteiger partial charge in [-0.1, -0.05) is 12.1 Å². The van der Waals surface area contributed by atoms with Gasteiger partial charge in [-0.2, -0.15) is 5.10 Å². The smallest absolute Gasteiger partial charge is 0.248 e. The van der Waals surface area contributed by atoms with Crippen LogP contribution in [-0.2, 0) is 11.2 Å². The maximum Gasteiger partial charge on any atom is 0.248 e. The first-order valence-corrected chi connectivity index (χ1v) is 5.38. The number of rotatable bonds is 4. The molecule has 0 fully saturated rings. The second-order valence-corrected chi connectivity index (χ2v) is 3.95. The number of nitrogens with two attached hydrogens (primary N) is 1. The van der Waals surface area contributed by atoms with Crippen molar-refractivity contribution in [3.63, 3.8) is 0 Å². The molecule has 0 bridgehead atoms. The zero-order valence-corrected chi connectivity index (χ0v) is 9.27. The van der Waals surface area contributed by atoms with Crippen LogP contribution in [0.1, 0.15) is 28.8 Å². The van der Waals surface area contributed by atoms with Gasteiger partial charge >= 0.3 is 0 Å². The van der Waals surface area contributed by atoms with Crippen LogP contribution < -0.4 is 11.2 Å². The summed E-state index contributed by atoms with van der Waals surface area (Å²) in [5.74, 6) is -0.476. The minimum absolute atomic E-state index is 0.0518. The molecule has 0 aliphatic carbocycles. The topological polar surface area (TPSA) is 84.6 Å². The summed E-state index contributed by atoms with van der Waals surface area (Å²) in [5.41, 5.74) is 10.0. The highest BCUT2D eigenvalue weighted by Crippen LogP contribution is 2.09. The molecule has 0 saturated heterocycles. The van der Waals surface area contributed by atoms with Gasteiger partial charge in [-0.15, -0.1) is 0 Å². The minimum Gasteiger partial charge on any atom is -0.366 e. The third kappa shape index (κ3) is 2.90. The molecule has 1 aliphatic heterocycles. The predicted octanol–water partition coefficient (Wildman–Crippen LogP) is 0.594. The van der Waals surface area contributed by atoms with Crippen LogP contribution in [0.15, 0.2) is 29.4 Å². The molecule has 1 aromatic carbocycles. The molecule has 1 aliphatic rings. The molecular weight excluding hydrogens is 218 g/mol. The number of hydrogen-bond donors (Lipinski definition) is 2. The van der Waals surface area contributed by atoms with E-state index in [9.17, 15) is 9.59 Å². The average molecular weight is 231 g/mol. The van der Waals surface area contributed by atoms with E-state index in [1.54, 1.807) is 12.1 Å². The standard InChI is InChI=1S/C12H13N3O2/c13-12(17)9-4-1-8(2-5-9)3-6-10-7-11(16)15-14-10/h1-2,4-5H,3,6-7H2,(H2,13,17)(H,15,16). The van der Waals surface area contributed by atoms with E-state index in [-0.39, 0.29) is 5.91 Å². The molecule has 2 amide bonds. The van der Waals surface area contributed by atoms with Gasteiger partial charge in [-0.05, 0) is 30.5 Å². The SMILES string of the molecule is NC(=O)c1ccc(CCC2=NNC(=O)C2)cc1. The third-order valence-electron chi connectivity index (χ3n) is 2.64. The lowest BCUT2D eigenvalue weighted by molar-refractivity contribution is -0.119. The molecule has 88 valence electrons. The summed E-state index contributed by atoms with van der Waals surface area (Å²) in [6.45, 7) is 0. The van der Waals surface area contributed by atoms with Crippen LogP contribution in [0.4, 0.5) is 0 Å². The van der Waals surface area contributed by atoms with E-state index in [1.165, 1.54) is 0 Å².